The molecule has 5 nitrogen and oxygen atoms in total. The Hall–Kier alpha value is -2.50. The topological polar surface area (TPSA) is 56.2 Å². The van der Waals surface area contributed by atoms with Crippen molar-refractivity contribution in [3.63, 3.8) is 0 Å². The zero-order valence-electron chi connectivity index (χ0n) is 13.4. The molecule has 128 valence electrons. The summed E-state index contributed by atoms with van der Waals surface area (Å²) < 4.78 is 7.12. The Morgan fingerprint density at radius 2 is 1.92 bits per heavy atom. The van der Waals surface area contributed by atoms with Crippen LogP contribution in [0.15, 0.2) is 54.7 Å². The summed E-state index contributed by atoms with van der Waals surface area (Å²) in [5.74, 6) is 0.357. The Kier molecular flexibility index (Phi) is 5.26. The molecule has 0 unspecified atom stereocenters. The first-order chi connectivity index (χ1) is 12.0. The van der Waals surface area contributed by atoms with E-state index in [0.29, 0.717) is 27.2 Å². The molecule has 0 radical (unpaired) electrons. The Bertz CT molecular complexity index is 892. The molecule has 0 atom stereocenters. The van der Waals surface area contributed by atoms with Gasteiger partial charge in [0, 0.05) is 21.9 Å². The molecule has 3 rings (SSSR count). The lowest BCUT2D eigenvalue weighted by atomic mass is 10.2. The number of carbonyl (C=O) groups excluding carboxylic acids is 1. The van der Waals surface area contributed by atoms with Crippen molar-refractivity contribution in [1.82, 2.24) is 9.78 Å². The second kappa shape index (κ2) is 7.59. The van der Waals surface area contributed by atoms with Crippen molar-refractivity contribution in [2.45, 2.75) is 13.7 Å². The minimum Gasteiger partial charge on any atom is -0.471 e. The number of hydrogen-bond acceptors (Lipinski definition) is 3. The molecule has 2 aromatic carbocycles. The molecule has 25 heavy (non-hydrogen) atoms. The number of halogens is 2. The van der Waals surface area contributed by atoms with E-state index in [9.17, 15) is 4.79 Å². The molecule has 1 aromatic heterocycles. The summed E-state index contributed by atoms with van der Waals surface area (Å²) in [5.41, 5.74) is 1.76. The number of ether oxygens (including phenoxy) is 1. The van der Waals surface area contributed by atoms with Gasteiger partial charge in [0.2, 0.25) is 0 Å². The first kappa shape index (κ1) is 17.3. The Labute approximate surface area is 155 Å². The maximum Gasteiger partial charge on any atom is 0.276 e. The average molecular weight is 376 g/mol. The highest BCUT2D eigenvalue weighted by Crippen LogP contribution is 2.23. The molecule has 0 fully saturated rings. The average Bonchev–Trinajstić information content (AvgIpc) is 3.08. The van der Waals surface area contributed by atoms with Crippen LogP contribution in [0.3, 0.4) is 0 Å². The number of rotatable bonds is 5. The van der Waals surface area contributed by atoms with Gasteiger partial charge in [-0.05, 0) is 55.0 Å². The van der Waals surface area contributed by atoms with Gasteiger partial charge >= 0.3 is 0 Å². The Morgan fingerprint density at radius 3 is 2.68 bits per heavy atom. The van der Waals surface area contributed by atoms with Crippen LogP contribution in [0.5, 0.6) is 5.75 Å². The first-order valence-corrected chi connectivity index (χ1v) is 8.27. The number of hydrogen-bond donors (Lipinski definition) is 1. The molecule has 0 aliphatic carbocycles. The molecule has 1 amide bonds. The van der Waals surface area contributed by atoms with Crippen molar-refractivity contribution in [2.24, 2.45) is 0 Å². The predicted molar refractivity (Wildman–Crippen MR) is 98.4 cm³/mol. The highest BCUT2D eigenvalue weighted by molar-refractivity contribution is 6.31. The fraction of sp³-hybridized carbons (Fsp3) is 0.111. The molecule has 0 bridgehead atoms. The van der Waals surface area contributed by atoms with Gasteiger partial charge < -0.3 is 10.1 Å². The minimum absolute atomic E-state index is 0.186. The maximum atomic E-state index is 12.3. The van der Waals surface area contributed by atoms with E-state index in [-0.39, 0.29) is 12.6 Å². The van der Waals surface area contributed by atoms with Gasteiger partial charge in [0.05, 0.1) is 0 Å². The smallest absolute Gasteiger partial charge is 0.276 e. The number of carbonyl (C=O) groups is 1. The molecule has 0 saturated heterocycles. The fourth-order valence-electron chi connectivity index (χ4n) is 2.16. The van der Waals surface area contributed by atoms with E-state index in [1.807, 2.05) is 6.92 Å². The summed E-state index contributed by atoms with van der Waals surface area (Å²) in [5, 5.41) is 8.26. The van der Waals surface area contributed by atoms with Crippen LogP contribution in [0.25, 0.3) is 0 Å². The van der Waals surface area contributed by atoms with Crippen LogP contribution in [-0.4, -0.2) is 15.7 Å². The van der Waals surface area contributed by atoms with Crippen molar-refractivity contribution in [2.75, 3.05) is 5.32 Å². The summed E-state index contributed by atoms with van der Waals surface area (Å²) in [6.07, 6.45) is 1.68. The van der Waals surface area contributed by atoms with Crippen LogP contribution in [0, 0.1) is 6.92 Å². The molecular formula is C18H15Cl2N3O2. The quantitative estimate of drug-likeness (QED) is 0.697. The SMILES string of the molecule is Cc1c(Cl)cccc1NC(=O)c1ccn(COc2ccc(Cl)cc2)n1. The van der Waals surface area contributed by atoms with Gasteiger partial charge in [-0.3, -0.25) is 4.79 Å². The zero-order chi connectivity index (χ0) is 17.8. The van der Waals surface area contributed by atoms with Crippen molar-refractivity contribution in [1.29, 1.82) is 0 Å². The standard InChI is InChI=1S/C18H15Cl2N3O2/c1-12-15(20)3-2-4-16(12)21-18(24)17-9-10-23(22-17)11-25-14-7-5-13(19)6-8-14/h2-10H,11H2,1H3,(H,21,24). The van der Waals surface area contributed by atoms with Crippen LogP contribution < -0.4 is 10.1 Å². The molecule has 1 N–H and O–H groups in total. The molecule has 0 saturated carbocycles. The molecular weight excluding hydrogens is 361 g/mol. The van der Waals surface area contributed by atoms with E-state index < -0.39 is 0 Å². The van der Waals surface area contributed by atoms with E-state index in [2.05, 4.69) is 10.4 Å². The number of benzene rings is 2. The molecule has 7 heteroatoms. The Balaban J connectivity index is 1.63. The number of anilines is 1. The van der Waals surface area contributed by atoms with Gasteiger partial charge in [-0.2, -0.15) is 5.10 Å². The third-order valence-electron chi connectivity index (χ3n) is 3.57. The summed E-state index contributed by atoms with van der Waals surface area (Å²) in [7, 11) is 0. The second-order valence-electron chi connectivity index (χ2n) is 5.33. The second-order valence-corrected chi connectivity index (χ2v) is 6.18. The van der Waals surface area contributed by atoms with Crippen molar-refractivity contribution < 1.29 is 9.53 Å². The number of amides is 1. The monoisotopic (exact) mass is 375 g/mol. The summed E-state index contributed by atoms with van der Waals surface area (Å²) in [6, 6.07) is 14.0. The molecule has 3 aromatic rings. The third kappa shape index (κ3) is 4.32. The van der Waals surface area contributed by atoms with Gasteiger partial charge in [-0.15, -0.1) is 0 Å². The van der Waals surface area contributed by atoms with Gasteiger partial charge in [0.1, 0.15) is 5.75 Å². The number of nitrogens with zero attached hydrogens (tertiary/aromatic N) is 2. The maximum absolute atomic E-state index is 12.3. The van der Waals surface area contributed by atoms with E-state index in [4.69, 9.17) is 27.9 Å². The molecule has 0 spiro atoms. The van der Waals surface area contributed by atoms with Gasteiger partial charge in [-0.1, -0.05) is 29.3 Å². The third-order valence-corrected chi connectivity index (χ3v) is 4.23. The predicted octanol–water partition coefficient (Wildman–Crippen LogP) is 4.79. The molecule has 1 heterocycles. The van der Waals surface area contributed by atoms with Gasteiger partial charge in [0.25, 0.3) is 5.91 Å². The summed E-state index contributed by atoms with van der Waals surface area (Å²) in [4.78, 5) is 12.3. The van der Waals surface area contributed by atoms with E-state index >= 15 is 0 Å². The summed E-state index contributed by atoms with van der Waals surface area (Å²) in [6.45, 7) is 2.03. The summed E-state index contributed by atoms with van der Waals surface area (Å²) >= 11 is 11.9. The highest BCUT2D eigenvalue weighted by Gasteiger charge is 2.12. The molecule has 0 aliphatic rings. The number of nitrogens with one attached hydrogen (secondary N) is 1. The van der Waals surface area contributed by atoms with Crippen LogP contribution in [-0.2, 0) is 6.73 Å². The van der Waals surface area contributed by atoms with Crippen LogP contribution in [0.2, 0.25) is 10.0 Å². The zero-order valence-corrected chi connectivity index (χ0v) is 14.9. The minimum atomic E-state index is -0.310. The normalized spacial score (nSPS) is 10.5. The van der Waals surface area contributed by atoms with Gasteiger partial charge in [-0.25, -0.2) is 4.68 Å². The van der Waals surface area contributed by atoms with Crippen molar-refractivity contribution >= 4 is 34.8 Å². The lowest BCUT2D eigenvalue weighted by molar-refractivity contribution is 0.102. The molecule has 0 aliphatic heterocycles. The van der Waals surface area contributed by atoms with Crippen LogP contribution in [0.1, 0.15) is 16.1 Å². The van der Waals surface area contributed by atoms with Gasteiger partial charge in [0.15, 0.2) is 12.4 Å². The largest absolute Gasteiger partial charge is 0.471 e. The van der Waals surface area contributed by atoms with Crippen LogP contribution in [0.4, 0.5) is 5.69 Å². The van der Waals surface area contributed by atoms with E-state index in [1.54, 1.807) is 54.7 Å². The van der Waals surface area contributed by atoms with Crippen LogP contribution >= 0.6 is 23.2 Å². The first-order valence-electron chi connectivity index (χ1n) is 7.51. The van der Waals surface area contributed by atoms with Crippen molar-refractivity contribution in [3.8, 4) is 5.75 Å². The lowest BCUT2D eigenvalue weighted by Gasteiger charge is -2.08. The Morgan fingerprint density at radius 1 is 1.16 bits per heavy atom. The fourth-order valence-corrected chi connectivity index (χ4v) is 2.46. The van der Waals surface area contributed by atoms with E-state index in [0.717, 1.165) is 5.56 Å². The number of aromatic nitrogens is 2. The van der Waals surface area contributed by atoms with E-state index in [1.165, 1.54) is 4.68 Å². The van der Waals surface area contributed by atoms with Crippen molar-refractivity contribution in [3.05, 3.63) is 76.0 Å². The highest BCUT2D eigenvalue weighted by atomic mass is 35.5. The lowest BCUT2D eigenvalue weighted by Crippen LogP contribution is -2.15.